The molecule has 0 aliphatic rings. The molecule has 0 radical (unpaired) electrons. The minimum absolute atomic E-state index is 0.0528. The number of nitrogens with zero attached hydrogens (tertiary/aromatic N) is 3. The van der Waals surface area contributed by atoms with E-state index in [1.807, 2.05) is 0 Å². The number of benzene rings is 2. The molecule has 0 atom stereocenters. The maximum atomic E-state index is 13.5. The quantitative estimate of drug-likeness (QED) is 0.509. The molecule has 0 unspecified atom stereocenters. The number of rotatable bonds is 4. The van der Waals surface area contributed by atoms with Crippen molar-refractivity contribution in [2.45, 2.75) is 39.7 Å². The first-order valence-corrected chi connectivity index (χ1v) is 10.0. The molecule has 0 saturated heterocycles. The number of fused-ring (bicyclic) bond motifs is 1. The molecule has 3 aromatic rings. The van der Waals surface area contributed by atoms with E-state index < -0.39 is 23.7 Å². The Morgan fingerprint density at radius 2 is 1.90 bits per heavy atom. The second kappa shape index (κ2) is 8.63. The average molecular weight is 450 g/mol. The summed E-state index contributed by atoms with van der Waals surface area (Å²) >= 11 is 6.24. The summed E-state index contributed by atoms with van der Waals surface area (Å²) in [6, 6.07) is 10.1. The van der Waals surface area contributed by atoms with Crippen molar-refractivity contribution >= 4 is 34.5 Å². The lowest BCUT2D eigenvalue weighted by molar-refractivity contribution is 0.0579. The van der Waals surface area contributed by atoms with E-state index in [0.717, 1.165) is 4.57 Å². The minimum Gasteiger partial charge on any atom is -0.443 e. The van der Waals surface area contributed by atoms with E-state index in [2.05, 4.69) is 4.98 Å². The molecular formula is C22H22ClF2N3O3. The van der Waals surface area contributed by atoms with Crippen molar-refractivity contribution in [1.29, 1.82) is 0 Å². The van der Waals surface area contributed by atoms with Gasteiger partial charge in [-0.2, -0.15) is 0 Å². The molecule has 0 N–H and O–H groups in total. The normalized spacial score (nSPS) is 11.7. The van der Waals surface area contributed by atoms with E-state index in [1.165, 1.54) is 35.2 Å². The van der Waals surface area contributed by atoms with Gasteiger partial charge in [-0.1, -0.05) is 29.8 Å². The number of halogens is 3. The van der Waals surface area contributed by atoms with Gasteiger partial charge in [-0.05, 0) is 52.0 Å². The summed E-state index contributed by atoms with van der Waals surface area (Å²) in [4.78, 5) is 32.0. The first-order chi connectivity index (χ1) is 14.5. The Balaban J connectivity index is 2.34. The van der Waals surface area contributed by atoms with Gasteiger partial charge < -0.3 is 4.74 Å². The summed E-state index contributed by atoms with van der Waals surface area (Å²) in [6.07, 6.45) is -3.45. The van der Waals surface area contributed by atoms with Crippen molar-refractivity contribution < 1.29 is 18.3 Å². The largest absolute Gasteiger partial charge is 0.443 e. The second-order valence-electron chi connectivity index (χ2n) is 7.81. The monoisotopic (exact) mass is 449 g/mol. The third-order valence-corrected chi connectivity index (χ3v) is 4.70. The summed E-state index contributed by atoms with van der Waals surface area (Å²) in [7, 11) is 0. The molecule has 164 valence electrons. The second-order valence-corrected chi connectivity index (χ2v) is 8.21. The van der Waals surface area contributed by atoms with Gasteiger partial charge in [0.25, 0.3) is 12.0 Å². The van der Waals surface area contributed by atoms with Gasteiger partial charge in [-0.15, -0.1) is 0 Å². The molecule has 0 saturated carbocycles. The van der Waals surface area contributed by atoms with E-state index in [4.69, 9.17) is 16.3 Å². The lowest BCUT2D eigenvalue weighted by atomic mass is 10.2. The molecule has 9 heteroatoms. The molecule has 1 heterocycles. The summed E-state index contributed by atoms with van der Waals surface area (Å²) in [6.45, 7) is 6.96. The zero-order chi connectivity index (χ0) is 22.9. The predicted octanol–water partition coefficient (Wildman–Crippen LogP) is 5.74. The average Bonchev–Trinajstić information content (AvgIpc) is 2.67. The fourth-order valence-corrected chi connectivity index (χ4v) is 3.31. The molecule has 0 aliphatic heterocycles. The SMILES string of the molecule is CCN(C(=O)OC(C)(C)C)c1nc2cccc(Cl)c2c(=O)n1-c1cccc(C(F)F)c1. The van der Waals surface area contributed by atoms with Crippen LogP contribution in [-0.2, 0) is 4.74 Å². The molecule has 31 heavy (non-hydrogen) atoms. The van der Waals surface area contributed by atoms with Crippen molar-refractivity contribution in [1.82, 2.24) is 9.55 Å². The molecule has 1 amide bonds. The topological polar surface area (TPSA) is 64.4 Å². The Hall–Kier alpha value is -3.00. The van der Waals surface area contributed by atoms with Gasteiger partial charge in [0, 0.05) is 12.1 Å². The minimum atomic E-state index is -2.73. The first-order valence-electron chi connectivity index (χ1n) is 9.63. The van der Waals surface area contributed by atoms with Gasteiger partial charge >= 0.3 is 6.09 Å². The van der Waals surface area contributed by atoms with Crippen molar-refractivity contribution in [2.24, 2.45) is 0 Å². The van der Waals surface area contributed by atoms with Crippen LogP contribution in [0, 0.1) is 0 Å². The van der Waals surface area contributed by atoms with Gasteiger partial charge in [0.15, 0.2) is 0 Å². The number of ether oxygens (including phenoxy) is 1. The summed E-state index contributed by atoms with van der Waals surface area (Å²) in [5.41, 5.74) is -1.23. The van der Waals surface area contributed by atoms with Crippen LogP contribution in [0.4, 0.5) is 19.5 Å². The zero-order valence-electron chi connectivity index (χ0n) is 17.5. The number of aromatic nitrogens is 2. The molecule has 0 spiro atoms. The first kappa shape index (κ1) is 22.7. The van der Waals surface area contributed by atoms with Crippen LogP contribution in [0.2, 0.25) is 5.02 Å². The number of anilines is 1. The third-order valence-electron chi connectivity index (χ3n) is 4.38. The maximum absolute atomic E-state index is 13.5. The molecule has 0 aliphatic carbocycles. The van der Waals surface area contributed by atoms with Crippen LogP contribution in [0.1, 0.15) is 39.7 Å². The Morgan fingerprint density at radius 3 is 2.52 bits per heavy atom. The van der Waals surface area contributed by atoms with Crippen molar-refractivity contribution in [3.8, 4) is 5.69 Å². The van der Waals surface area contributed by atoms with Crippen LogP contribution in [0.15, 0.2) is 47.3 Å². The fourth-order valence-electron chi connectivity index (χ4n) is 3.06. The number of amides is 1. The van der Waals surface area contributed by atoms with E-state index >= 15 is 0 Å². The van der Waals surface area contributed by atoms with Crippen molar-refractivity contribution in [2.75, 3.05) is 11.4 Å². The highest BCUT2D eigenvalue weighted by Crippen LogP contribution is 2.27. The van der Waals surface area contributed by atoms with Crippen LogP contribution >= 0.6 is 11.6 Å². The van der Waals surface area contributed by atoms with Gasteiger partial charge in [0.2, 0.25) is 5.95 Å². The molecule has 3 rings (SSSR count). The van der Waals surface area contributed by atoms with Crippen molar-refractivity contribution in [3.05, 3.63) is 63.4 Å². The van der Waals surface area contributed by atoms with E-state index in [9.17, 15) is 18.4 Å². The lowest BCUT2D eigenvalue weighted by Crippen LogP contribution is -2.40. The molecule has 6 nitrogen and oxygen atoms in total. The molecule has 1 aromatic heterocycles. The standard InChI is InChI=1S/C22H22ClF2N3O3/c1-5-27(21(30)31-22(2,3)4)20-26-16-11-7-10-15(23)17(16)19(29)28(20)14-9-6-8-13(12-14)18(24)25/h6-12,18H,5H2,1-4H3. The smallest absolute Gasteiger partial charge is 0.417 e. The molecule has 0 bridgehead atoms. The Bertz CT molecular complexity index is 1190. The van der Waals surface area contributed by atoms with E-state index in [1.54, 1.807) is 39.8 Å². The zero-order valence-corrected chi connectivity index (χ0v) is 18.3. The van der Waals surface area contributed by atoms with Crippen LogP contribution in [-0.4, -0.2) is 27.8 Å². The number of hydrogen-bond acceptors (Lipinski definition) is 4. The number of carbonyl (C=O) groups is 1. The van der Waals surface area contributed by atoms with Crippen LogP contribution in [0.25, 0.3) is 16.6 Å². The van der Waals surface area contributed by atoms with E-state index in [-0.39, 0.29) is 39.7 Å². The fraction of sp³-hybridized carbons (Fsp3) is 0.318. The van der Waals surface area contributed by atoms with Gasteiger partial charge in [-0.3, -0.25) is 4.79 Å². The lowest BCUT2D eigenvalue weighted by Gasteiger charge is -2.27. The molecular weight excluding hydrogens is 428 g/mol. The van der Waals surface area contributed by atoms with Crippen molar-refractivity contribution in [3.63, 3.8) is 0 Å². The number of hydrogen-bond donors (Lipinski definition) is 0. The number of alkyl halides is 2. The van der Waals surface area contributed by atoms with Crippen LogP contribution in [0.5, 0.6) is 0 Å². The Labute approximate surface area is 183 Å². The highest BCUT2D eigenvalue weighted by molar-refractivity contribution is 6.35. The predicted molar refractivity (Wildman–Crippen MR) is 117 cm³/mol. The van der Waals surface area contributed by atoms with Gasteiger partial charge in [0.1, 0.15) is 5.60 Å². The van der Waals surface area contributed by atoms with Crippen LogP contribution < -0.4 is 10.5 Å². The Kier molecular flexibility index (Phi) is 6.31. The molecule has 0 fully saturated rings. The summed E-state index contributed by atoms with van der Waals surface area (Å²) < 4.78 is 33.2. The maximum Gasteiger partial charge on any atom is 0.417 e. The summed E-state index contributed by atoms with van der Waals surface area (Å²) in [5.74, 6) is -0.0528. The van der Waals surface area contributed by atoms with E-state index in [0.29, 0.717) is 0 Å². The molecule has 2 aromatic carbocycles. The van der Waals surface area contributed by atoms with Gasteiger partial charge in [-0.25, -0.2) is 28.0 Å². The number of carbonyl (C=O) groups excluding carboxylic acids is 1. The third kappa shape index (κ3) is 4.69. The highest BCUT2D eigenvalue weighted by atomic mass is 35.5. The summed E-state index contributed by atoms with van der Waals surface area (Å²) in [5, 5.41) is 0.288. The highest BCUT2D eigenvalue weighted by Gasteiger charge is 2.27. The Morgan fingerprint density at radius 1 is 1.23 bits per heavy atom. The van der Waals surface area contributed by atoms with Crippen LogP contribution in [0.3, 0.4) is 0 Å². The van der Waals surface area contributed by atoms with Gasteiger partial charge in [0.05, 0.1) is 21.6 Å².